The Morgan fingerprint density at radius 3 is 2.70 bits per heavy atom. The Morgan fingerprint density at radius 2 is 2.10 bits per heavy atom. The van der Waals surface area contributed by atoms with Gasteiger partial charge in [0.2, 0.25) is 0 Å². The molecular formula is C15H18N4S. The van der Waals surface area contributed by atoms with Gasteiger partial charge in [-0.05, 0) is 50.3 Å². The Balaban J connectivity index is 2.03. The van der Waals surface area contributed by atoms with Crippen molar-refractivity contribution in [3.63, 3.8) is 0 Å². The zero-order valence-electron chi connectivity index (χ0n) is 11.6. The largest absolute Gasteiger partial charge is 0.363 e. The molecule has 0 aromatic carbocycles. The van der Waals surface area contributed by atoms with Crippen LogP contribution in [0, 0.1) is 0 Å². The summed E-state index contributed by atoms with van der Waals surface area (Å²) in [5.41, 5.74) is 2.17. The van der Waals surface area contributed by atoms with Gasteiger partial charge in [0.05, 0.1) is 17.8 Å². The van der Waals surface area contributed by atoms with Crippen LogP contribution in [0.4, 0.5) is 0 Å². The maximum absolute atomic E-state index is 5.52. The van der Waals surface area contributed by atoms with E-state index >= 15 is 0 Å². The van der Waals surface area contributed by atoms with E-state index in [9.17, 15) is 0 Å². The van der Waals surface area contributed by atoms with Crippen LogP contribution in [0.3, 0.4) is 0 Å². The number of rotatable bonds is 3. The number of pyridine rings is 1. The van der Waals surface area contributed by atoms with Gasteiger partial charge in [0.15, 0.2) is 5.11 Å². The Morgan fingerprint density at radius 1 is 1.25 bits per heavy atom. The van der Waals surface area contributed by atoms with Crippen molar-refractivity contribution >= 4 is 17.3 Å². The van der Waals surface area contributed by atoms with Crippen LogP contribution >= 0.6 is 12.2 Å². The third kappa shape index (κ3) is 2.18. The summed E-state index contributed by atoms with van der Waals surface area (Å²) in [5, 5.41) is 4.20. The molecule has 1 aliphatic heterocycles. The summed E-state index contributed by atoms with van der Waals surface area (Å²) in [6.07, 6.45) is 3.77. The smallest absolute Gasteiger partial charge is 0.170 e. The predicted molar refractivity (Wildman–Crippen MR) is 83.2 cm³/mol. The van der Waals surface area contributed by atoms with E-state index in [0.717, 1.165) is 16.5 Å². The first-order valence-electron chi connectivity index (χ1n) is 6.81. The molecule has 0 radical (unpaired) electrons. The molecule has 3 rings (SSSR count). The van der Waals surface area contributed by atoms with Crippen molar-refractivity contribution < 1.29 is 0 Å². The van der Waals surface area contributed by atoms with Crippen LogP contribution in [0.2, 0.25) is 0 Å². The van der Waals surface area contributed by atoms with Crippen LogP contribution < -0.4 is 5.32 Å². The fraction of sp³-hybridized carbons (Fsp3) is 0.333. The monoisotopic (exact) mass is 286 g/mol. The van der Waals surface area contributed by atoms with E-state index in [0.29, 0.717) is 6.04 Å². The summed E-state index contributed by atoms with van der Waals surface area (Å²) < 4.78 is 0. The summed E-state index contributed by atoms with van der Waals surface area (Å²) in [6.45, 7) is 4.31. The van der Waals surface area contributed by atoms with Gasteiger partial charge < -0.3 is 15.2 Å². The molecule has 0 unspecified atom stereocenters. The number of hydrogen-bond acceptors (Lipinski definition) is 2. The molecule has 3 heterocycles. The molecule has 2 atom stereocenters. The van der Waals surface area contributed by atoms with Crippen molar-refractivity contribution in [2.75, 3.05) is 0 Å². The van der Waals surface area contributed by atoms with Crippen molar-refractivity contribution in [3.05, 3.63) is 54.1 Å². The van der Waals surface area contributed by atoms with Gasteiger partial charge in [-0.2, -0.15) is 0 Å². The zero-order valence-corrected chi connectivity index (χ0v) is 12.4. The van der Waals surface area contributed by atoms with Gasteiger partial charge in [0.25, 0.3) is 0 Å². The minimum absolute atomic E-state index is 0.0738. The number of nitrogens with one attached hydrogen (secondary N) is 2. The maximum atomic E-state index is 5.52. The van der Waals surface area contributed by atoms with Crippen molar-refractivity contribution in [3.8, 4) is 0 Å². The molecule has 2 aromatic rings. The predicted octanol–water partition coefficient (Wildman–Crippen LogP) is 2.79. The second kappa shape index (κ2) is 5.25. The molecule has 2 N–H and O–H groups in total. The molecule has 104 valence electrons. The van der Waals surface area contributed by atoms with E-state index in [2.05, 4.69) is 40.1 Å². The lowest BCUT2D eigenvalue weighted by Crippen LogP contribution is -2.35. The Bertz CT molecular complexity index is 579. The topological polar surface area (TPSA) is 44.0 Å². The van der Waals surface area contributed by atoms with Gasteiger partial charge in [0, 0.05) is 24.1 Å². The van der Waals surface area contributed by atoms with Gasteiger partial charge in [-0.3, -0.25) is 4.98 Å². The summed E-state index contributed by atoms with van der Waals surface area (Å²) in [5.74, 6) is 0. The molecule has 0 saturated carbocycles. The summed E-state index contributed by atoms with van der Waals surface area (Å²) in [4.78, 5) is 10.0. The molecule has 0 aliphatic carbocycles. The van der Waals surface area contributed by atoms with Crippen molar-refractivity contribution in [1.29, 1.82) is 0 Å². The average Bonchev–Trinajstić information content (AvgIpc) is 3.06. The van der Waals surface area contributed by atoms with E-state index in [-0.39, 0.29) is 12.1 Å². The third-order valence-corrected chi connectivity index (χ3v) is 3.96. The molecule has 4 nitrogen and oxygen atoms in total. The Kier molecular flexibility index (Phi) is 3.44. The third-order valence-electron chi connectivity index (χ3n) is 3.63. The van der Waals surface area contributed by atoms with E-state index < -0.39 is 0 Å². The number of thiocarbonyl (C=S) groups is 1. The van der Waals surface area contributed by atoms with E-state index in [1.54, 1.807) is 0 Å². The van der Waals surface area contributed by atoms with Crippen molar-refractivity contribution in [1.82, 2.24) is 20.2 Å². The fourth-order valence-corrected chi connectivity index (χ4v) is 3.23. The highest BCUT2D eigenvalue weighted by Crippen LogP contribution is 2.38. The average molecular weight is 286 g/mol. The van der Waals surface area contributed by atoms with Gasteiger partial charge in [-0.15, -0.1) is 0 Å². The second-order valence-electron chi connectivity index (χ2n) is 5.25. The molecule has 1 saturated heterocycles. The van der Waals surface area contributed by atoms with Gasteiger partial charge in [0.1, 0.15) is 0 Å². The quantitative estimate of drug-likeness (QED) is 0.852. The number of hydrogen-bond donors (Lipinski definition) is 2. The number of H-pyrrole nitrogens is 1. The first kappa shape index (κ1) is 13.1. The molecule has 0 bridgehead atoms. The van der Waals surface area contributed by atoms with Gasteiger partial charge >= 0.3 is 0 Å². The lowest BCUT2D eigenvalue weighted by atomic mass is 10.0. The summed E-state index contributed by atoms with van der Waals surface area (Å²) >= 11 is 5.52. The lowest BCUT2D eigenvalue weighted by Gasteiger charge is -2.30. The van der Waals surface area contributed by atoms with Crippen molar-refractivity contribution in [2.24, 2.45) is 0 Å². The minimum Gasteiger partial charge on any atom is -0.363 e. The molecule has 2 aromatic heterocycles. The number of aromatic amines is 1. The highest BCUT2D eigenvalue weighted by molar-refractivity contribution is 7.80. The summed E-state index contributed by atoms with van der Waals surface area (Å²) in [7, 11) is 0. The van der Waals surface area contributed by atoms with Crippen LogP contribution in [0.25, 0.3) is 0 Å². The number of nitrogens with zero attached hydrogens (tertiary/aromatic N) is 2. The van der Waals surface area contributed by atoms with Crippen molar-refractivity contribution in [2.45, 2.75) is 32.0 Å². The summed E-state index contributed by atoms with van der Waals surface area (Å²) in [6, 6.07) is 10.7. The van der Waals surface area contributed by atoms with E-state index in [1.807, 2.05) is 36.7 Å². The highest BCUT2D eigenvalue weighted by Gasteiger charge is 2.41. The Labute approximate surface area is 124 Å². The van der Waals surface area contributed by atoms with E-state index in [4.69, 9.17) is 12.2 Å². The van der Waals surface area contributed by atoms with E-state index in [1.165, 1.54) is 0 Å². The first-order chi connectivity index (χ1) is 9.68. The molecule has 20 heavy (non-hydrogen) atoms. The molecule has 1 fully saturated rings. The maximum Gasteiger partial charge on any atom is 0.170 e. The molecular weight excluding hydrogens is 268 g/mol. The van der Waals surface area contributed by atoms with Crippen LogP contribution in [0.5, 0.6) is 0 Å². The normalized spacial score (nSPS) is 22.4. The molecule has 0 spiro atoms. The SMILES string of the molecule is CC(C)N1C(=S)N[C@H](c2ccccn2)[C@H]1c1ccc[nH]1. The first-order valence-corrected chi connectivity index (χ1v) is 7.22. The van der Waals surface area contributed by atoms with Gasteiger partial charge in [-0.1, -0.05) is 6.07 Å². The van der Waals surface area contributed by atoms with Crippen LogP contribution in [0.1, 0.15) is 37.3 Å². The number of aromatic nitrogens is 2. The zero-order chi connectivity index (χ0) is 14.1. The molecule has 0 amide bonds. The molecule has 1 aliphatic rings. The Hall–Kier alpha value is -1.88. The fourth-order valence-electron chi connectivity index (χ4n) is 2.78. The standard InChI is InChI=1S/C15H18N4S/c1-10(2)19-14(12-7-5-9-17-12)13(18-15(19)20)11-6-3-4-8-16-11/h3-10,13-14,17H,1-2H3,(H,18,20)/t13-,14-/m1/s1. The highest BCUT2D eigenvalue weighted by atomic mass is 32.1. The second-order valence-corrected chi connectivity index (χ2v) is 5.64. The van der Waals surface area contributed by atoms with Gasteiger partial charge in [-0.25, -0.2) is 0 Å². The molecule has 5 heteroatoms. The lowest BCUT2D eigenvalue weighted by molar-refractivity contribution is 0.265. The minimum atomic E-state index is 0.0738. The van der Waals surface area contributed by atoms with Crippen LogP contribution in [0.15, 0.2) is 42.7 Å². The van der Waals surface area contributed by atoms with Crippen LogP contribution in [-0.2, 0) is 0 Å². The van der Waals surface area contributed by atoms with Crippen LogP contribution in [-0.4, -0.2) is 26.0 Å².